The van der Waals surface area contributed by atoms with E-state index in [1.54, 1.807) is 4.90 Å². The maximum Gasteiger partial charge on any atom is 0.416 e. The van der Waals surface area contributed by atoms with Crippen molar-refractivity contribution in [2.75, 3.05) is 26.2 Å². The van der Waals surface area contributed by atoms with Gasteiger partial charge in [0.05, 0.1) is 17.8 Å². The topological polar surface area (TPSA) is 42.0 Å². The summed E-state index contributed by atoms with van der Waals surface area (Å²) in [6.07, 6.45) is -1.42. The molecule has 1 aromatic carbocycles. The molecule has 2 heterocycles. The molecule has 2 aliphatic heterocycles. The quantitative estimate of drug-likeness (QED) is 0.405. The largest absolute Gasteiger partial charge is 0.444 e. The lowest BCUT2D eigenvalue weighted by atomic mass is 9.75. The van der Waals surface area contributed by atoms with E-state index >= 15 is 0 Å². The Morgan fingerprint density at radius 2 is 1.51 bits per heavy atom. The summed E-state index contributed by atoms with van der Waals surface area (Å²) in [5.74, 6) is 0.636. The van der Waals surface area contributed by atoms with Crippen LogP contribution in [0.2, 0.25) is 0 Å². The Labute approximate surface area is 220 Å². The third-order valence-corrected chi connectivity index (χ3v) is 7.66. The normalized spacial score (nSPS) is 20.2. The summed E-state index contributed by atoms with van der Waals surface area (Å²) in [5.41, 5.74) is -0.234. The van der Waals surface area contributed by atoms with E-state index in [0.29, 0.717) is 49.5 Å². The summed E-state index contributed by atoms with van der Waals surface area (Å²) in [4.78, 5) is 16.3. The predicted octanol–water partition coefficient (Wildman–Crippen LogP) is 7.27. The highest BCUT2D eigenvalue weighted by molar-refractivity contribution is 5.68. The number of amides is 1. The second-order valence-corrected chi connectivity index (χ2v) is 13.2. The van der Waals surface area contributed by atoms with Crippen LogP contribution >= 0.6 is 0 Å². The Morgan fingerprint density at radius 1 is 0.946 bits per heavy atom. The number of piperidine rings is 2. The molecule has 1 amide bonds. The number of benzene rings is 1. The van der Waals surface area contributed by atoms with Crippen molar-refractivity contribution in [1.82, 2.24) is 9.80 Å². The number of ether oxygens (including phenoxy) is 2. The molecular formula is C29H45F3N2O3. The average Bonchev–Trinajstić information content (AvgIpc) is 2.76. The van der Waals surface area contributed by atoms with E-state index in [2.05, 4.69) is 25.7 Å². The first kappa shape index (κ1) is 29.8. The van der Waals surface area contributed by atoms with E-state index in [9.17, 15) is 18.0 Å². The first-order valence-electron chi connectivity index (χ1n) is 13.5. The lowest BCUT2D eigenvalue weighted by molar-refractivity contribution is -0.137. The van der Waals surface area contributed by atoms with Crippen LogP contribution in [0.1, 0.15) is 90.8 Å². The maximum absolute atomic E-state index is 13.7. The van der Waals surface area contributed by atoms with Gasteiger partial charge in [-0.2, -0.15) is 13.2 Å². The SMILES string of the molecule is CC(C)(C)OC(=O)N1CCC(C)(OCc2cc(CN3CCC(C(C)(C)C)CC3)cc(C(F)(F)F)c2)CC1. The van der Waals surface area contributed by atoms with E-state index in [1.807, 2.05) is 33.8 Å². The van der Waals surface area contributed by atoms with Gasteiger partial charge in [0.15, 0.2) is 0 Å². The van der Waals surface area contributed by atoms with Gasteiger partial charge in [0.1, 0.15) is 5.60 Å². The van der Waals surface area contributed by atoms with Crippen LogP contribution in [-0.2, 0) is 28.8 Å². The summed E-state index contributed by atoms with van der Waals surface area (Å²) in [5, 5.41) is 0. The number of hydrogen-bond donors (Lipinski definition) is 0. The van der Waals surface area contributed by atoms with Crippen molar-refractivity contribution in [3.63, 3.8) is 0 Å². The molecule has 3 rings (SSSR count). The minimum atomic E-state index is -4.41. The number of hydrogen-bond acceptors (Lipinski definition) is 4. The van der Waals surface area contributed by atoms with Crippen molar-refractivity contribution in [2.24, 2.45) is 11.3 Å². The Balaban J connectivity index is 1.62. The van der Waals surface area contributed by atoms with Gasteiger partial charge in [-0.1, -0.05) is 26.8 Å². The third kappa shape index (κ3) is 8.88. The highest BCUT2D eigenvalue weighted by Crippen LogP contribution is 2.36. The zero-order valence-electron chi connectivity index (χ0n) is 23.6. The van der Waals surface area contributed by atoms with Crippen LogP contribution in [0.4, 0.5) is 18.0 Å². The number of carbonyl (C=O) groups is 1. The lowest BCUT2D eigenvalue weighted by Crippen LogP contribution is -2.47. The smallest absolute Gasteiger partial charge is 0.416 e. The van der Waals surface area contributed by atoms with Gasteiger partial charge in [0.25, 0.3) is 0 Å². The van der Waals surface area contributed by atoms with Gasteiger partial charge in [-0.25, -0.2) is 4.79 Å². The van der Waals surface area contributed by atoms with Crippen LogP contribution in [0, 0.1) is 11.3 Å². The highest BCUT2D eigenvalue weighted by atomic mass is 19.4. The molecule has 2 saturated heterocycles. The zero-order chi connectivity index (χ0) is 27.6. The number of carbonyl (C=O) groups excluding carboxylic acids is 1. The van der Waals surface area contributed by atoms with Gasteiger partial charge < -0.3 is 14.4 Å². The van der Waals surface area contributed by atoms with Gasteiger partial charge in [-0.05, 0) is 101 Å². The molecular weight excluding hydrogens is 481 g/mol. The van der Waals surface area contributed by atoms with Gasteiger partial charge in [-0.15, -0.1) is 0 Å². The van der Waals surface area contributed by atoms with E-state index in [0.717, 1.165) is 25.9 Å². The molecule has 0 N–H and O–H groups in total. The second kappa shape index (κ2) is 11.1. The predicted molar refractivity (Wildman–Crippen MR) is 139 cm³/mol. The minimum absolute atomic E-state index is 0.103. The number of alkyl halides is 3. The first-order valence-corrected chi connectivity index (χ1v) is 13.5. The number of rotatable bonds is 5. The van der Waals surface area contributed by atoms with Crippen molar-refractivity contribution in [3.05, 3.63) is 34.9 Å². The average molecular weight is 527 g/mol. The van der Waals surface area contributed by atoms with Gasteiger partial charge >= 0.3 is 12.3 Å². The molecule has 0 spiro atoms. The van der Waals surface area contributed by atoms with Crippen LogP contribution in [-0.4, -0.2) is 53.3 Å². The second-order valence-electron chi connectivity index (χ2n) is 13.2. The molecule has 0 radical (unpaired) electrons. The molecule has 2 fully saturated rings. The molecule has 1 aromatic rings. The van der Waals surface area contributed by atoms with Crippen molar-refractivity contribution in [2.45, 2.75) is 105 Å². The standard InChI is InChI=1S/C29H45F3N2O3/c1-26(2,3)23-8-12-33(13-9-23)19-21-16-22(18-24(17-21)29(30,31)32)20-36-28(7)10-14-34(15-11-28)25(35)37-27(4,5)6/h16-18,23H,8-15,19-20H2,1-7H3. The summed E-state index contributed by atoms with van der Waals surface area (Å²) < 4.78 is 52.8. The molecule has 0 atom stereocenters. The molecule has 210 valence electrons. The van der Waals surface area contributed by atoms with Crippen LogP contribution < -0.4 is 0 Å². The van der Waals surface area contributed by atoms with Gasteiger partial charge in [0, 0.05) is 19.6 Å². The highest BCUT2D eigenvalue weighted by Gasteiger charge is 2.36. The Bertz CT molecular complexity index is 918. The van der Waals surface area contributed by atoms with Crippen LogP contribution in [0.25, 0.3) is 0 Å². The lowest BCUT2D eigenvalue weighted by Gasteiger charge is -2.39. The fourth-order valence-corrected chi connectivity index (χ4v) is 5.21. The Kier molecular flexibility index (Phi) is 8.95. The summed E-state index contributed by atoms with van der Waals surface area (Å²) in [6.45, 7) is 17.6. The molecule has 0 saturated carbocycles. The Hall–Kier alpha value is -1.80. The number of halogens is 3. The monoisotopic (exact) mass is 526 g/mol. The van der Waals surface area contributed by atoms with Crippen molar-refractivity contribution < 1.29 is 27.4 Å². The van der Waals surface area contributed by atoms with E-state index in [-0.39, 0.29) is 18.1 Å². The zero-order valence-corrected chi connectivity index (χ0v) is 23.6. The molecule has 8 heteroatoms. The molecule has 0 bridgehead atoms. The molecule has 5 nitrogen and oxygen atoms in total. The first-order chi connectivity index (χ1) is 16.9. The van der Waals surface area contributed by atoms with Crippen LogP contribution in [0.15, 0.2) is 18.2 Å². The summed E-state index contributed by atoms with van der Waals surface area (Å²) in [7, 11) is 0. The summed E-state index contributed by atoms with van der Waals surface area (Å²) >= 11 is 0. The minimum Gasteiger partial charge on any atom is -0.444 e. The molecule has 0 aromatic heterocycles. The number of nitrogens with zero attached hydrogens (tertiary/aromatic N) is 2. The molecule has 37 heavy (non-hydrogen) atoms. The van der Waals surface area contributed by atoms with Crippen LogP contribution in [0.5, 0.6) is 0 Å². The van der Waals surface area contributed by atoms with E-state index in [4.69, 9.17) is 9.47 Å². The van der Waals surface area contributed by atoms with Crippen LogP contribution in [0.3, 0.4) is 0 Å². The maximum atomic E-state index is 13.7. The summed E-state index contributed by atoms with van der Waals surface area (Å²) in [6, 6.07) is 4.33. The Morgan fingerprint density at radius 3 is 2.03 bits per heavy atom. The molecule has 0 unspecified atom stereocenters. The van der Waals surface area contributed by atoms with Crippen molar-refractivity contribution in [1.29, 1.82) is 0 Å². The molecule has 2 aliphatic rings. The number of likely N-dealkylation sites (tertiary alicyclic amines) is 2. The molecule has 0 aliphatic carbocycles. The van der Waals surface area contributed by atoms with Gasteiger partial charge in [0.2, 0.25) is 0 Å². The fraction of sp³-hybridized carbons (Fsp3) is 0.759. The van der Waals surface area contributed by atoms with Gasteiger partial charge in [-0.3, -0.25) is 4.90 Å². The fourth-order valence-electron chi connectivity index (χ4n) is 5.21. The third-order valence-electron chi connectivity index (χ3n) is 7.66. The van der Waals surface area contributed by atoms with Crippen molar-refractivity contribution >= 4 is 6.09 Å². The van der Waals surface area contributed by atoms with Crippen molar-refractivity contribution in [3.8, 4) is 0 Å². The van der Waals surface area contributed by atoms with E-state index < -0.39 is 22.9 Å². The van der Waals surface area contributed by atoms with E-state index in [1.165, 1.54) is 12.1 Å².